The van der Waals surface area contributed by atoms with Gasteiger partial charge in [-0.05, 0) is 6.92 Å². The Labute approximate surface area is 71.4 Å². The van der Waals surface area contributed by atoms with Crippen LogP contribution in [0.3, 0.4) is 0 Å². The number of carbonyl (C=O) groups excluding carboxylic acids is 1. The molecule has 0 saturated heterocycles. The molecule has 0 amide bonds. The first-order valence-corrected chi connectivity index (χ1v) is 4.33. The molecule has 0 fully saturated rings. The van der Waals surface area contributed by atoms with Crippen molar-refractivity contribution in [1.29, 1.82) is 0 Å². The minimum atomic E-state index is -3.72. The van der Waals surface area contributed by atoms with Crippen molar-refractivity contribution in [3.63, 3.8) is 0 Å². The van der Waals surface area contributed by atoms with Gasteiger partial charge >= 0.3 is 5.97 Å². The van der Waals surface area contributed by atoms with Crippen LogP contribution in [0, 0.1) is 0 Å². The maximum absolute atomic E-state index is 10.4. The van der Waals surface area contributed by atoms with Crippen molar-refractivity contribution in [2.45, 2.75) is 6.92 Å². The standard InChI is InChI=1S/C4H9NO4S.ClH/c1-2-9-4(6)3-10(5,7)8;/h2-3H2,1H3,(H2,5,7,8);1H. The topological polar surface area (TPSA) is 86.5 Å². The van der Waals surface area contributed by atoms with E-state index in [9.17, 15) is 13.2 Å². The minimum Gasteiger partial charge on any atom is -0.465 e. The molecule has 11 heavy (non-hydrogen) atoms. The van der Waals surface area contributed by atoms with Gasteiger partial charge in [-0.25, -0.2) is 13.6 Å². The Hall–Kier alpha value is -0.330. The molecule has 0 saturated carbocycles. The van der Waals surface area contributed by atoms with Gasteiger partial charge in [-0.15, -0.1) is 12.4 Å². The lowest BCUT2D eigenvalue weighted by atomic mass is 10.8. The van der Waals surface area contributed by atoms with Crippen LogP contribution in [-0.4, -0.2) is 26.7 Å². The third-order valence-corrected chi connectivity index (χ3v) is 1.26. The van der Waals surface area contributed by atoms with Crippen LogP contribution >= 0.6 is 12.4 Å². The maximum atomic E-state index is 10.4. The highest BCUT2D eigenvalue weighted by Crippen LogP contribution is 1.82. The predicted octanol–water partition coefficient (Wildman–Crippen LogP) is -0.740. The van der Waals surface area contributed by atoms with Crippen LogP contribution in [0.2, 0.25) is 0 Å². The molecule has 0 aliphatic rings. The number of esters is 1. The summed E-state index contributed by atoms with van der Waals surface area (Å²) in [5.74, 6) is -1.56. The van der Waals surface area contributed by atoms with E-state index in [0.29, 0.717) is 0 Å². The molecule has 0 spiro atoms. The highest BCUT2D eigenvalue weighted by molar-refractivity contribution is 7.89. The summed E-state index contributed by atoms with van der Waals surface area (Å²) in [4.78, 5) is 10.4. The van der Waals surface area contributed by atoms with E-state index >= 15 is 0 Å². The van der Waals surface area contributed by atoms with E-state index in [2.05, 4.69) is 9.88 Å². The van der Waals surface area contributed by atoms with E-state index in [1.807, 2.05) is 0 Å². The van der Waals surface area contributed by atoms with Gasteiger partial charge in [-0.2, -0.15) is 0 Å². The van der Waals surface area contributed by atoms with Crippen LogP contribution in [0.15, 0.2) is 0 Å². The number of carbonyl (C=O) groups is 1. The Bertz CT molecular complexity index is 212. The number of ether oxygens (including phenoxy) is 1. The first-order valence-electron chi connectivity index (χ1n) is 2.62. The Morgan fingerprint density at radius 3 is 2.27 bits per heavy atom. The predicted molar refractivity (Wildman–Crippen MR) is 41.9 cm³/mol. The number of sulfonamides is 1. The zero-order valence-corrected chi connectivity index (χ0v) is 7.57. The highest BCUT2D eigenvalue weighted by atomic mass is 35.5. The fraction of sp³-hybridized carbons (Fsp3) is 0.750. The average Bonchev–Trinajstić information content (AvgIpc) is 1.59. The number of halogens is 1. The zero-order chi connectivity index (χ0) is 8.20. The van der Waals surface area contributed by atoms with Crippen molar-refractivity contribution >= 4 is 28.4 Å². The average molecular weight is 204 g/mol. The molecule has 0 rings (SSSR count). The maximum Gasteiger partial charge on any atom is 0.322 e. The lowest BCUT2D eigenvalue weighted by Crippen LogP contribution is -2.24. The summed E-state index contributed by atoms with van der Waals surface area (Å²) < 4.78 is 24.7. The van der Waals surface area contributed by atoms with Crippen LogP contribution in [0.4, 0.5) is 0 Å². The molecule has 0 unspecified atom stereocenters. The third kappa shape index (κ3) is 9.67. The lowest BCUT2D eigenvalue weighted by Gasteiger charge is -1.97. The van der Waals surface area contributed by atoms with Crippen LogP contribution in [0.1, 0.15) is 6.92 Å². The summed E-state index contributed by atoms with van der Waals surface area (Å²) in [6.07, 6.45) is 0. The van der Waals surface area contributed by atoms with E-state index in [-0.39, 0.29) is 19.0 Å². The molecule has 0 aliphatic carbocycles. The molecule has 0 atom stereocenters. The highest BCUT2D eigenvalue weighted by Gasteiger charge is 2.10. The second-order valence-electron chi connectivity index (χ2n) is 1.61. The molecule has 5 nitrogen and oxygen atoms in total. The molecule has 2 N–H and O–H groups in total. The molecule has 0 heterocycles. The largest absolute Gasteiger partial charge is 0.465 e. The van der Waals surface area contributed by atoms with Gasteiger partial charge < -0.3 is 4.74 Å². The van der Waals surface area contributed by atoms with E-state index in [1.165, 1.54) is 0 Å². The lowest BCUT2D eigenvalue weighted by molar-refractivity contribution is -0.139. The van der Waals surface area contributed by atoms with E-state index in [4.69, 9.17) is 0 Å². The molecular formula is C4H10ClNO4S. The molecule has 0 aliphatic heterocycles. The van der Waals surface area contributed by atoms with Crippen LogP contribution in [0.25, 0.3) is 0 Å². The first-order chi connectivity index (χ1) is 4.45. The zero-order valence-electron chi connectivity index (χ0n) is 5.94. The van der Waals surface area contributed by atoms with Gasteiger partial charge in [0.2, 0.25) is 10.0 Å². The summed E-state index contributed by atoms with van der Waals surface area (Å²) in [7, 11) is -3.72. The molecule has 0 aromatic heterocycles. The van der Waals surface area contributed by atoms with Crippen LogP contribution in [0.5, 0.6) is 0 Å². The first kappa shape index (κ1) is 13.3. The van der Waals surface area contributed by atoms with Gasteiger partial charge in [0.05, 0.1) is 6.61 Å². The van der Waals surface area contributed by atoms with Crippen LogP contribution < -0.4 is 5.14 Å². The Kier molecular flexibility index (Phi) is 6.44. The summed E-state index contributed by atoms with van der Waals surface area (Å²) in [5.41, 5.74) is 0. The molecule has 0 radical (unpaired) electrons. The second kappa shape index (κ2) is 5.34. The van der Waals surface area contributed by atoms with Gasteiger partial charge in [0, 0.05) is 0 Å². The fourth-order valence-electron chi connectivity index (χ4n) is 0.367. The summed E-state index contributed by atoms with van der Waals surface area (Å²) in [5, 5.41) is 4.54. The monoisotopic (exact) mass is 203 g/mol. The Morgan fingerprint density at radius 1 is 1.55 bits per heavy atom. The van der Waals surface area contributed by atoms with Crippen molar-refractivity contribution in [1.82, 2.24) is 0 Å². The molecular weight excluding hydrogens is 194 g/mol. The quantitative estimate of drug-likeness (QED) is 0.612. The smallest absolute Gasteiger partial charge is 0.322 e. The van der Waals surface area contributed by atoms with E-state index in [1.54, 1.807) is 6.92 Å². The second-order valence-corrected chi connectivity index (χ2v) is 3.23. The SMILES string of the molecule is CCOC(=O)CS(N)(=O)=O.Cl. The number of nitrogens with two attached hydrogens (primary N) is 1. The van der Waals surface area contributed by atoms with Gasteiger partial charge in [-0.1, -0.05) is 0 Å². The Morgan fingerprint density at radius 2 is 2.00 bits per heavy atom. The van der Waals surface area contributed by atoms with Gasteiger partial charge in [-0.3, -0.25) is 4.79 Å². The fourth-order valence-corrected chi connectivity index (χ4v) is 0.779. The summed E-state index contributed by atoms with van der Waals surface area (Å²) in [6.45, 7) is 1.75. The molecule has 68 valence electrons. The van der Waals surface area contributed by atoms with E-state index in [0.717, 1.165) is 0 Å². The van der Waals surface area contributed by atoms with Gasteiger partial charge in [0.25, 0.3) is 0 Å². The van der Waals surface area contributed by atoms with E-state index < -0.39 is 21.7 Å². The number of primary sulfonamides is 1. The molecule has 0 aromatic rings. The molecule has 0 aromatic carbocycles. The Balaban J connectivity index is 0. The number of hydrogen-bond acceptors (Lipinski definition) is 4. The van der Waals surface area contributed by atoms with Crippen molar-refractivity contribution in [2.75, 3.05) is 12.4 Å². The van der Waals surface area contributed by atoms with Crippen molar-refractivity contribution in [3.05, 3.63) is 0 Å². The number of hydrogen-bond donors (Lipinski definition) is 1. The normalized spacial score (nSPS) is 10.0. The van der Waals surface area contributed by atoms with Gasteiger partial charge in [0.1, 0.15) is 0 Å². The third-order valence-electron chi connectivity index (χ3n) is 0.624. The van der Waals surface area contributed by atoms with Crippen molar-refractivity contribution < 1.29 is 17.9 Å². The minimum absolute atomic E-state index is 0. The molecule has 0 bridgehead atoms. The number of rotatable bonds is 3. The van der Waals surface area contributed by atoms with Crippen molar-refractivity contribution in [2.24, 2.45) is 5.14 Å². The molecule has 7 heteroatoms. The summed E-state index contributed by atoms with van der Waals surface area (Å²) in [6, 6.07) is 0. The summed E-state index contributed by atoms with van der Waals surface area (Å²) >= 11 is 0. The van der Waals surface area contributed by atoms with Gasteiger partial charge in [0.15, 0.2) is 5.75 Å². The van der Waals surface area contributed by atoms with Crippen molar-refractivity contribution in [3.8, 4) is 0 Å². The van der Waals surface area contributed by atoms with Crippen LogP contribution in [-0.2, 0) is 19.6 Å².